The first kappa shape index (κ1) is 42.4. The monoisotopic (exact) mass is 842 g/mol. The lowest BCUT2D eigenvalue weighted by Gasteiger charge is -2.19. The highest BCUT2D eigenvalue weighted by atomic mass is 32.2. The molecule has 2 aromatic carbocycles. The molecule has 6 nitrogen and oxygen atoms in total. The van der Waals surface area contributed by atoms with Crippen LogP contribution in [0.4, 0.5) is 4.32 Å². The average molecular weight is 843 g/mol. The van der Waals surface area contributed by atoms with Gasteiger partial charge in [0.2, 0.25) is 0 Å². The Morgan fingerprint density at radius 3 is 1.17 bits per heavy atom. The van der Waals surface area contributed by atoms with Crippen molar-refractivity contribution >= 4 is 76.5 Å². The summed E-state index contributed by atoms with van der Waals surface area (Å²) in [6.45, 7) is 0. The molecule has 0 fully saturated rings. The van der Waals surface area contributed by atoms with Crippen LogP contribution in [0.2, 0.25) is 0 Å². The molecule has 4 heterocycles. The minimum Gasteiger partial charge on any atom is -0.867 e. The molecule has 292 valence electrons. The van der Waals surface area contributed by atoms with Crippen LogP contribution in [0.15, 0.2) is 209 Å². The molecule has 0 N–H and O–H groups in total. The van der Waals surface area contributed by atoms with Crippen LogP contribution in [0.1, 0.15) is 11.1 Å². The standard InChI is InChI=1S/2C23H20NOS2.BFO2/c2*1-24(2)20-12-10-17(11-13-20)19-15-21(18-7-4-3-5-8-18)25-22(16-19)27-23-9-6-14-26-23;2-1(3)4/h2*3-16H,1-2H3;/q2*+1;-2. The Balaban J connectivity index is 0.000000179. The van der Waals surface area contributed by atoms with Crippen molar-refractivity contribution in [3.05, 3.63) is 212 Å². The number of hydrogen-bond donors (Lipinski definition) is 0. The minimum atomic E-state index is -3.17. The fourth-order valence-electron chi connectivity index (χ4n) is 5.62. The molecule has 2 aliphatic heterocycles. The summed E-state index contributed by atoms with van der Waals surface area (Å²) >= 11 is 6.77. The summed E-state index contributed by atoms with van der Waals surface area (Å²) in [6, 6.07) is 28.9. The number of thioether (sulfide) groups is 2. The first-order valence-corrected chi connectivity index (χ1v) is 21.5. The molecule has 0 spiro atoms. The van der Waals surface area contributed by atoms with E-state index in [0.717, 1.165) is 44.0 Å². The summed E-state index contributed by atoms with van der Waals surface area (Å²) in [6.07, 6.45) is 25.7. The summed E-state index contributed by atoms with van der Waals surface area (Å²) in [4.78, 5) is 0. The number of rotatable bonds is 6. The van der Waals surface area contributed by atoms with Gasteiger partial charge in [0.05, 0.1) is 8.42 Å². The Morgan fingerprint density at radius 1 is 0.500 bits per heavy atom. The van der Waals surface area contributed by atoms with Crippen LogP contribution >= 0.6 is 46.2 Å². The van der Waals surface area contributed by atoms with Gasteiger partial charge >= 0.3 is 0 Å². The molecule has 0 bridgehead atoms. The maximum atomic E-state index is 9.89. The van der Waals surface area contributed by atoms with Crippen molar-refractivity contribution in [2.24, 2.45) is 0 Å². The molecule has 0 atom stereocenters. The van der Waals surface area contributed by atoms with Gasteiger partial charge in [-0.1, -0.05) is 72.8 Å². The molecular weight excluding hydrogens is 803 g/mol. The summed E-state index contributed by atoms with van der Waals surface area (Å²) in [7, 11) is 5.05. The topological polar surface area (TPSA) is 70.6 Å². The zero-order valence-corrected chi connectivity index (χ0v) is 35.5. The summed E-state index contributed by atoms with van der Waals surface area (Å²) in [5.74, 6) is 1.76. The Labute approximate surface area is 356 Å². The maximum Gasteiger partial charge on any atom is 0.199 e. The lowest BCUT2D eigenvalue weighted by molar-refractivity contribution is -0.462. The predicted molar refractivity (Wildman–Crippen MR) is 239 cm³/mol. The Kier molecular flexibility index (Phi) is 15.3. The third kappa shape index (κ3) is 12.4. The predicted octanol–water partition coefficient (Wildman–Crippen LogP) is 9.44. The highest BCUT2D eigenvalue weighted by molar-refractivity contribution is 8.04. The van der Waals surface area contributed by atoms with Crippen molar-refractivity contribution in [3.63, 3.8) is 0 Å². The first-order valence-electron chi connectivity index (χ1n) is 18.1. The first-order chi connectivity index (χ1) is 28.1. The maximum absolute atomic E-state index is 9.89. The number of allylic oxidation sites excluding steroid dienone is 16. The summed E-state index contributed by atoms with van der Waals surface area (Å²) < 4.78 is 29.0. The normalized spacial score (nSPS) is 15.5. The van der Waals surface area contributed by atoms with E-state index in [0.29, 0.717) is 0 Å². The third-order valence-corrected chi connectivity index (χ3v) is 12.4. The van der Waals surface area contributed by atoms with Crippen molar-refractivity contribution in [1.29, 1.82) is 0 Å². The molecule has 8 rings (SSSR count). The molecule has 0 unspecified atom stereocenters. The molecular formula is C46H40BFN2O4S4. The largest absolute Gasteiger partial charge is 0.867 e. The lowest BCUT2D eigenvalue weighted by atomic mass is 9.99. The quantitative estimate of drug-likeness (QED) is 0.142. The van der Waals surface area contributed by atoms with Crippen LogP contribution in [-0.2, 0) is 9.47 Å². The van der Waals surface area contributed by atoms with Gasteiger partial charge in [0.1, 0.15) is 47.1 Å². The minimum absolute atomic E-state index is 0.879. The summed E-state index contributed by atoms with van der Waals surface area (Å²) in [5, 5.41) is 22.6. The number of halogens is 1. The van der Waals surface area contributed by atoms with Crippen molar-refractivity contribution < 1.29 is 33.0 Å². The Bertz CT molecular complexity index is 2240. The van der Waals surface area contributed by atoms with Crippen LogP contribution in [0.5, 0.6) is 0 Å². The van der Waals surface area contributed by atoms with E-state index < -0.39 is 7.40 Å². The molecule has 0 saturated carbocycles. The van der Waals surface area contributed by atoms with E-state index >= 15 is 0 Å². The van der Waals surface area contributed by atoms with E-state index in [1.165, 1.54) is 31.0 Å². The van der Waals surface area contributed by atoms with Crippen LogP contribution < -0.4 is 10.0 Å². The molecule has 58 heavy (non-hydrogen) atoms. The molecule has 2 aromatic heterocycles. The van der Waals surface area contributed by atoms with Crippen LogP contribution in [0.3, 0.4) is 0 Å². The lowest BCUT2D eigenvalue weighted by Crippen LogP contribution is -2.39. The highest BCUT2D eigenvalue weighted by Gasteiger charge is 2.19. The van der Waals surface area contributed by atoms with Crippen molar-refractivity contribution in [2.75, 3.05) is 28.2 Å². The fraction of sp³-hybridized carbons (Fsp3) is 0.0870. The number of thiophene rings is 2. The molecule has 0 saturated heterocycles. The molecule has 4 aromatic rings. The third-order valence-electron chi connectivity index (χ3n) is 8.48. The number of ether oxygens (including phenoxy) is 2. The van der Waals surface area contributed by atoms with E-state index in [1.807, 2.05) is 36.4 Å². The van der Waals surface area contributed by atoms with E-state index in [2.05, 4.69) is 170 Å². The molecule has 4 aliphatic rings. The van der Waals surface area contributed by atoms with Gasteiger partial charge < -0.3 is 23.8 Å². The molecule has 12 heteroatoms. The summed E-state index contributed by atoms with van der Waals surface area (Å²) in [5.41, 5.74) is 9.22. The van der Waals surface area contributed by atoms with Crippen LogP contribution in [0.25, 0.3) is 11.5 Å². The second-order valence-electron chi connectivity index (χ2n) is 13.0. The van der Waals surface area contributed by atoms with Gasteiger partial charge in [-0.05, 0) is 117 Å². The van der Waals surface area contributed by atoms with E-state index in [9.17, 15) is 4.32 Å². The smallest absolute Gasteiger partial charge is 0.199 e. The second kappa shape index (κ2) is 21.0. The molecule has 0 amide bonds. The number of hydrogen-bond acceptors (Lipinski definition) is 8. The van der Waals surface area contributed by atoms with Gasteiger partial charge in [-0.15, -0.1) is 22.7 Å². The highest BCUT2D eigenvalue weighted by Crippen LogP contribution is 2.40. The Morgan fingerprint density at radius 2 is 0.862 bits per heavy atom. The van der Waals surface area contributed by atoms with Gasteiger partial charge in [-0.25, -0.2) is 9.15 Å². The van der Waals surface area contributed by atoms with Gasteiger partial charge in [0.25, 0.3) is 0 Å². The SMILES string of the molecule is C[N+](C)=C1C=CC(=C2C=C(Sc3cccs3)OC(c3ccccc3)=C2)C=C1.C[N+](C)=C1C=CC(=C2C=C(Sc3cccs3)OC(c3ccccc3)=C2)C=C1.[O-]B([O-])F. The van der Waals surface area contributed by atoms with Crippen molar-refractivity contribution in [1.82, 2.24) is 0 Å². The number of benzene rings is 2. The van der Waals surface area contributed by atoms with E-state index in [1.54, 1.807) is 46.2 Å². The average Bonchev–Trinajstić information content (AvgIpc) is 3.96. The molecule has 0 radical (unpaired) electrons. The molecule has 2 aliphatic carbocycles. The number of nitrogens with zero attached hydrogens (tertiary/aromatic N) is 2. The van der Waals surface area contributed by atoms with Crippen LogP contribution in [-0.4, -0.2) is 56.2 Å². The van der Waals surface area contributed by atoms with Crippen LogP contribution in [0, 0.1) is 0 Å². The van der Waals surface area contributed by atoms with Crippen molar-refractivity contribution in [3.8, 4) is 0 Å². The van der Waals surface area contributed by atoms with Gasteiger partial charge in [-0.3, -0.25) is 0 Å². The van der Waals surface area contributed by atoms with Gasteiger partial charge in [0.15, 0.2) is 21.6 Å². The van der Waals surface area contributed by atoms with E-state index in [4.69, 9.17) is 19.5 Å². The fourth-order valence-corrected chi connectivity index (χ4v) is 9.06. The zero-order chi connectivity index (χ0) is 40.9. The van der Waals surface area contributed by atoms with E-state index in [-0.39, 0.29) is 0 Å². The zero-order valence-electron chi connectivity index (χ0n) is 32.3. The van der Waals surface area contributed by atoms with Gasteiger partial charge in [-0.2, -0.15) is 0 Å². The van der Waals surface area contributed by atoms with Gasteiger partial charge in [0, 0.05) is 35.4 Å². The van der Waals surface area contributed by atoms with Crippen molar-refractivity contribution in [2.45, 2.75) is 8.42 Å². The second-order valence-corrected chi connectivity index (χ2v) is 17.5. The Hall–Kier alpha value is -5.21.